The summed E-state index contributed by atoms with van der Waals surface area (Å²) in [5.74, 6) is 2.17. The van der Waals surface area contributed by atoms with E-state index in [9.17, 15) is 4.79 Å². The lowest BCUT2D eigenvalue weighted by Crippen LogP contribution is -2.44. The highest BCUT2D eigenvalue weighted by atomic mass is 16.5. The molecule has 1 atom stereocenters. The van der Waals surface area contributed by atoms with Crippen LogP contribution >= 0.6 is 0 Å². The molecule has 2 aromatic heterocycles. The molecule has 1 unspecified atom stereocenters. The molecule has 3 aromatic rings. The van der Waals surface area contributed by atoms with Gasteiger partial charge in [-0.3, -0.25) is 4.79 Å². The maximum atomic E-state index is 12.8. The maximum absolute atomic E-state index is 12.8. The summed E-state index contributed by atoms with van der Waals surface area (Å²) in [6, 6.07) is 15.8. The third-order valence-electron chi connectivity index (χ3n) is 6.94. The van der Waals surface area contributed by atoms with Crippen molar-refractivity contribution >= 4 is 17.5 Å². The second-order valence-electron chi connectivity index (χ2n) is 9.57. The van der Waals surface area contributed by atoms with Gasteiger partial charge in [0.05, 0.1) is 18.2 Å². The molecule has 4 heterocycles. The highest BCUT2D eigenvalue weighted by molar-refractivity contribution is 5.79. The predicted molar refractivity (Wildman–Crippen MR) is 143 cm³/mol. The van der Waals surface area contributed by atoms with Crippen LogP contribution in [0.4, 0.5) is 11.6 Å². The summed E-state index contributed by atoms with van der Waals surface area (Å²) in [7, 11) is 2.13. The Labute approximate surface area is 217 Å². The van der Waals surface area contributed by atoms with Gasteiger partial charge in [0, 0.05) is 50.9 Å². The SMILES string of the molecule is CN1CCN(c2cc(OCCNC(=O)C3CCCN(c4ccc(-c5ccccc5)nn4)C3)ncn2)CC1. The van der Waals surface area contributed by atoms with Crippen molar-refractivity contribution < 1.29 is 9.53 Å². The average molecular weight is 503 g/mol. The van der Waals surface area contributed by atoms with Gasteiger partial charge < -0.3 is 24.8 Å². The zero-order valence-electron chi connectivity index (χ0n) is 21.3. The van der Waals surface area contributed by atoms with Gasteiger partial charge in [0.2, 0.25) is 11.8 Å². The lowest BCUT2D eigenvalue weighted by molar-refractivity contribution is -0.125. The molecule has 2 fully saturated rings. The number of amides is 1. The Balaban J connectivity index is 1.08. The number of piperidine rings is 1. The van der Waals surface area contributed by atoms with Crippen LogP contribution in [0.2, 0.25) is 0 Å². The van der Waals surface area contributed by atoms with E-state index in [2.05, 4.69) is 47.2 Å². The number of anilines is 2. The highest BCUT2D eigenvalue weighted by Gasteiger charge is 2.26. The summed E-state index contributed by atoms with van der Waals surface area (Å²) in [5.41, 5.74) is 1.88. The van der Waals surface area contributed by atoms with Gasteiger partial charge in [-0.1, -0.05) is 30.3 Å². The van der Waals surface area contributed by atoms with Crippen LogP contribution in [0, 0.1) is 5.92 Å². The second-order valence-corrected chi connectivity index (χ2v) is 9.57. The van der Waals surface area contributed by atoms with Crippen LogP contribution in [0.15, 0.2) is 54.9 Å². The monoisotopic (exact) mass is 502 g/mol. The van der Waals surface area contributed by atoms with Crippen LogP contribution in [0.5, 0.6) is 5.88 Å². The van der Waals surface area contributed by atoms with Crippen molar-refractivity contribution in [3.05, 3.63) is 54.9 Å². The number of ether oxygens (including phenoxy) is 1. The second kappa shape index (κ2) is 12.0. The van der Waals surface area contributed by atoms with Crippen molar-refractivity contribution in [2.75, 3.05) is 69.3 Å². The Morgan fingerprint density at radius 3 is 2.59 bits per heavy atom. The molecule has 0 spiro atoms. The number of nitrogens with zero attached hydrogens (tertiary/aromatic N) is 7. The van der Waals surface area contributed by atoms with E-state index >= 15 is 0 Å². The van der Waals surface area contributed by atoms with Crippen LogP contribution in [-0.2, 0) is 4.79 Å². The number of nitrogens with one attached hydrogen (secondary N) is 1. The Hall–Kier alpha value is -3.79. The Bertz CT molecular complexity index is 1150. The Morgan fingerprint density at radius 1 is 0.973 bits per heavy atom. The van der Waals surface area contributed by atoms with Gasteiger partial charge in [-0.2, -0.15) is 0 Å². The van der Waals surface area contributed by atoms with Gasteiger partial charge in [0.25, 0.3) is 0 Å². The van der Waals surface area contributed by atoms with Crippen LogP contribution in [0.25, 0.3) is 11.3 Å². The standard InChI is InChI=1S/C27H34N8O2/c1-33-13-15-34(16-14-33)25-18-26(30-20-29-25)37-17-11-28-27(36)22-8-5-12-35(19-22)24-10-9-23(31-32-24)21-6-3-2-4-7-21/h2-4,6-7,9-10,18,20,22H,5,8,11-17,19H2,1H3,(H,28,36). The molecular formula is C27H34N8O2. The van der Waals surface area contributed by atoms with E-state index in [0.717, 1.165) is 68.5 Å². The van der Waals surface area contributed by atoms with Gasteiger partial charge in [0.1, 0.15) is 18.8 Å². The topological polar surface area (TPSA) is 99.6 Å². The molecule has 1 aromatic carbocycles. The smallest absolute Gasteiger partial charge is 0.225 e. The van der Waals surface area contributed by atoms with Gasteiger partial charge in [-0.25, -0.2) is 9.97 Å². The summed E-state index contributed by atoms with van der Waals surface area (Å²) in [6.45, 7) is 6.17. The summed E-state index contributed by atoms with van der Waals surface area (Å²) in [5, 5.41) is 11.9. The molecule has 5 rings (SSSR count). The molecule has 37 heavy (non-hydrogen) atoms. The van der Waals surface area contributed by atoms with E-state index in [0.29, 0.717) is 25.6 Å². The molecule has 2 saturated heterocycles. The first kappa shape index (κ1) is 24.9. The largest absolute Gasteiger partial charge is 0.476 e. The number of rotatable bonds is 8. The normalized spacial score (nSPS) is 18.5. The third-order valence-corrected chi connectivity index (χ3v) is 6.94. The molecule has 10 heteroatoms. The van der Waals surface area contributed by atoms with Crippen molar-refractivity contribution in [3.8, 4) is 17.1 Å². The fraction of sp³-hybridized carbons (Fsp3) is 0.444. The van der Waals surface area contributed by atoms with Crippen LogP contribution in [0.3, 0.4) is 0 Å². The number of aromatic nitrogens is 4. The number of benzene rings is 1. The predicted octanol–water partition coefficient (Wildman–Crippen LogP) is 2.10. The lowest BCUT2D eigenvalue weighted by atomic mass is 9.97. The fourth-order valence-electron chi connectivity index (χ4n) is 4.75. The molecule has 0 saturated carbocycles. The summed E-state index contributed by atoms with van der Waals surface area (Å²) in [6.07, 6.45) is 3.33. The maximum Gasteiger partial charge on any atom is 0.225 e. The molecule has 0 bridgehead atoms. The van der Waals surface area contributed by atoms with Crippen LogP contribution < -0.4 is 19.9 Å². The van der Waals surface area contributed by atoms with E-state index in [1.54, 1.807) is 0 Å². The first-order valence-electron chi connectivity index (χ1n) is 13.0. The number of carbonyl (C=O) groups excluding carboxylic acids is 1. The van der Waals surface area contributed by atoms with Crippen LogP contribution in [0.1, 0.15) is 12.8 Å². The van der Waals surface area contributed by atoms with Crippen LogP contribution in [-0.4, -0.2) is 90.4 Å². The highest BCUT2D eigenvalue weighted by Crippen LogP contribution is 2.23. The van der Waals surface area contributed by atoms with E-state index in [4.69, 9.17) is 4.74 Å². The molecular weight excluding hydrogens is 468 g/mol. The number of carbonyl (C=O) groups is 1. The average Bonchev–Trinajstić information content (AvgIpc) is 2.96. The lowest BCUT2D eigenvalue weighted by Gasteiger charge is -2.33. The summed E-state index contributed by atoms with van der Waals surface area (Å²) in [4.78, 5) is 28.1. The van der Waals surface area contributed by atoms with Crippen molar-refractivity contribution in [1.82, 2.24) is 30.4 Å². The molecule has 0 aliphatic carbocycles. The van der Waals surface area contributed by atoms with Gasteiger partial charge in [0.15, 0.2) is 5.82 Å². The van der Waals surface area contributed by atoms with Gasteiger partial charge >= 0.3 is 0 Å². The molecule has 10 nitrogen and oxygen atoms in total. The molecule has 1 amide bonds. The number of hydrogen-bond acceptors (Lipinski definition) is 9. The van der Waals surface area contributed by atoms with E-state index < -0.39 is 0 Å². The Morgan fingerprint density at radius 2 is 1.81 bits per heavy atom. The number of hydrogen-bond donors (Lipinski definition) is 1. The van der Waals surface area contributed by atoms with E-state index in [1.807, 2.05) is 48.5 Å². The minimum atomic E-state index is -0.0905. The number of likely N-dealkylation sites (N-methyl/N-ethyl adjacent to an activating group) is 1. The molecule has 194 valence electrons. The van der Waals surface area contributed by atoms with Crippen molar-refractivity contribution in [2.45, 2.75) is 12.8 Å². The van der Waals surface area contributed by atoms with E-state index in [-0.39, 0.29) is 11.8 Å². The minimum absolute atomic E-state index is 0.0444. The first-order chi connectivity index (χ1) is 18.2. The van der Waals surface area contributed by atoms with E-state index in [1.165, 1.54) is 6.33 Å². The fourth-order valence-corrected chi connectivity index (χ4v) is 4.75. The molecule has 0 radical (unpaired) electrons. The van der Waals surface area contributed by atoms with Crippen molar-refractivity contribution in [2.24, 2.45) is 5.92 Å². The third kappa shape index (κ3) is 6.51. The van der Waals surface area contributed by atoms with Gasteiger partial charge in [-0.15, -0.1) is 10.2 Å². The quantitative estimate of drug-likeness (QED) is 0.464. The molecule has 1 N–H and O–H groups in total. The molecule has 2 aliphatic heterocycles. The Kier molecular flexibility index (Phi) is 8.05. The zero-order valence-corrected chi connectivity index (χ0v) is 21.3. The summed E-state index contributed by atoms with van der Waals surface area (Å²) < 4.78 is 5.80. The van der Waals surface area contributed by atoms with Gasteiger partial charge in [-0.05, 0) is 32.0 Å². The number of piperazine rings is 1. The van der Waals surface area contributed by atoms with Crippen molar-refractivity contribution in [3.63, 3.8) is 0 Å². The zero-order chi connectivity index (χ0) is 25.5. The molecule has 2 aliphatic rings. The minimum Gasteiger partial charge on any atom is -0.476 e. The summed E-state index contributed by atoms with van der Waals surface area (Å²) >= 11 is 0. The van der Waals surface area contributed by atoms with Crippen molar-refractivity contribution in [1.29, 1.82) is 0 Å². The first-order valence-corrected chi connectivity index (χ1v) is 13.0.